The van der Waals surface area contributed by atoms with E-state index in [1.807, 2.05) is 0 Å². The van der Waals surface area contributed by atoms with Crippen LogP contribution >= 0.6 is 0 Å². The molecule has 0 aromatic rings. The molecule has 0 amide bonds. The molecule has 0 rings (SSSR count). The molecule has 0 N–H and O–H groups in total. The van der Waals surface area contributed by atoms with Crippen LogP contribution in [0.25, 0.3) is 0 Å². The molecule has 3 radical (unpaired) electrons. The van der Waals surface area contributed by atoms with Gasteiger partial charge in [-0.3, -0.25) is 0 Å². The maximum Gasteiger partial charge on any atom is 0 e. The minimum Gasteiger partial charge on any atom is -0.419 e. The van der Waals surface area contributed by atoms with Crippen molar-refractivity contribution in [2.45, 2.75) is 0 Å². The standard InChI is InChI=1S/C3H3O.Al.2Ti/c1-2-3-4;;;/h2H,1H2;;;/q-1;;;. The fraction of sp³-hybridized carbons (Fsp3) is 0. The van der Waals surface area contributed by atoms with Gasteiger partial charge in [0.15, 0.2) is 0 Å². The number of hydrogen-bond donors (Lipinski definition) is 0. The second-order valence-corrected chi connectivity index (χ2v) is 0.322. The fourth-order valence-corrected chi connectivity index (χ4v) is 0. The summed E-state index contributed by atoms with van der Waals surface area (Å²) in [6.07, 6.45) is 2.51. The summed E-state index contributed by atoms with van der Waals surface area (Å²) in [4.78, 5) is 8.93. The van der Waals surface area contributed by atoms with Crippen molar-refractivity contribution in [2.75, 3.05) is 0 Å². The van der Waals surface area contributed by atoms with Gasteiger partial charge in [-0.25, -0.2) is 12.7 Å². The SMILES string of the molecule is C=C[C-]=O.[Al].[Ti].[Ti]. The molecule has 7 heavy (non-hydrogen) atoms. The van der Waals surface area contributed by atoms with Gasteiger partial charge < -0.3 is 4.79 Å². The van der Waals surface area contributed by atoms with E-state index in [2.05, 4.69) is 6.58 Å². The third-order valence-electron chi connectivity index (χ3n) is 0.0833. The van der Waals surface area contributed by atoms with Gasteiger partial charge in [0.2, 0.25) is 0 Å². The van der Waals surface area contributed by atoms with Crippen LogP contribution in [0.2, 0.25) is 0 Å². The Bertz CT molecular complexity index is 33.9. The van der Waals surface area contributed by atoms with Crippen LogP contribution in [0.4, 0.5) is 0 Å². The topological polar surface area (TPSA) is 17.1 Å². The van der Waals surface area contributed by atoms with Gasteiger partial charge in [0, 0.05) is 60.8 Å². The summed E-state index contributed by atoms with van der Waals surface area (Å²) in [5.74, 6) is 0. The minimum atomic E-state index is 0. The van der Waals surface area contributed by atoms with Crippen molar-refractivity contribution in [2.24, 2.45) is 0 Å². The quantitative estimate of drug-likeness (QED) is 0.311. The van der Waals surface area contributed by atoms with Crippen LogP contribution in [0.1, 0.15) is 0 Å². The average molecular weight is 178 g/mol. The summed E-state index contributed by atoms with van der Waals surface area (Å²) in [6, 6.07) is 0. The first-order chi connectivity index (χ1) is 1.91. The third kappa shape index (κ3) is 37.8. The molecule has 0 fully saturated rings. The fourth-order valence-electron chi connectivity index (χ4n) is 0. The first kappa shape index (κ1) is 23.8. The third-order valence-corrected chi connectivity index (χ3v) is 0.0833. The summed E-state index contributed by atoms with van der Waals surface area (Å²) in [7, 11) is 0. The van der Waals surface area contributed by atoms with Crippen molar-refractivity contribution in [3.05, 3.63) is 12.7 Å². The molecule has 0 aliphatic rings. The number of hydrogen-bond acceptors (Lipinski definition) is 1. The van der Waals surface area contributed by atoms with Gasteiger partial charge in [0.25, 0.3) is 0 Å². The average Bonchev–Trinajstić information content (AvgIpc) is 1.37. The summed E-state index contributed by atoms with van der Waals surface area (Å²) < 4.78 is 0. The zero-order valence-corrected chi connectivity index (χ0v) is 8.05. The Morgan fingerprint density at radius 3 is 1.57 bits per heavy atom. The molecule has 0 atom stereocenters. The van der Waals surface area contributed by atoms with Crippen LogP contribution < -0.4 is 0 Å². The van der Waals surface area contributed by atoms with Gasteiger partial charge in [0.05, 0.1) is 0 Å². The van der Waals surface area contributed by atoms with Gasteiger partial charge in [0.1, 0.15) is 0 Å². The predicted molar refractivity (Wildman–Crippen MR) is 21.6 cm³/mol. The van der Waals surface area contributed by atoms with Crippen LogP contribution in [0.5, 0.6) is 0 Å². The molecule has 0 saturated heterocycles. The van der Waals surface area contributed by atoms with E-state index in [0.717, 1.165) is 6.08 Å². The molecule has 0 aliphatic carbocycles. The Morgan fingerprint density at radius 1 is 1.43 bits per heavy atom. The van der Waals surface area contributed by atoms with Crippen LogP contribution in [0.3, 0.4) is 0 Å². The molecule has 1 nitrogen and oxygen atoms in total. The Morgan fingerprint density at radius 2 is 1.57 bits per heavy atom. The molecule has 0 heterocycles. The van der Waals surface area contributed by atoms with E-state index in [4.69, 9.17) is 4.79 Å². The molecule has 0 bridgehead atoms. The van der Waals surface area contributed by atoms with Crippen molar-refractivity contribution in [3.63, 3.8) is 0 Å². The van der Waals surface area contributed by atoms with Crippen molar-refractivity contribution in [3.8, 4) is 0 Å². The molecule has 0 aliphatic heterocycles. The van der Waals surface area contributed by atoms with E-state index in [-0.39, 0.29) is 60.8 Å². The second kappa shape index (κ2) is 26.3. The van der Waals surface area contributed by atoms with E-state index in [1.165, 1.54) is 6.29 Å². The number of allylic oxidation sites excluding steroid dienone is 1. The van der Waals surface area contributed by atoms with Gasteiger partial charge in [-0.1, -0.05) is 0 Å². The second-order valence-electron chi connectivity index (χ2n) is 0.322. The van der Waals surface area contributed by atoms with Crippen molar-refractivity contribution in [1.82, 2.24) is 0 Å². The van der Waals surface area contributed by atoms with Gasteiger partial charge in [-0.15, -0.1) is 0 Å². The number of carbonyl (C=O) groups excluding carboxylic acids is 1. The Balaban J connectivity index is -0.0000000150. The molecule has 0 spiro atoms. The van der Waals surface area contributed by atoms with Gasteiger partial charge in [-0.05, 0) is 6.29 Å². The first-order valence-corrected chi connectivity index (χ1v) is 0.901. The molecule has 33 valence electrons. The van der Waals surface area contributed by atoms with Crippen molar-refractivity contribution in [1.29, 1.82) is 0 Å². The molecule has 0 unspecified atom stereocenters. The van der Waals surface area contributed by atoms with E-state index in [1.54, 1.807) is 0 Å². The van der Waals surface area contributed by atoms with Gasteiger partial charge >= 0.3 is 0 Å². The smallest absolute Gasteiger partial charge is 0 e. The normalized spacial score (nSPS) is 2.86. The maximum absolute atomic E-state index is 8.93. The summed E-state index contributed by atoms with van der Waals surface area (Å²) in [5, 5.41) is 0. The van der Waals surface area contributed by atoms with Crippen LogP contribution in [0.15, 0.2) is 12.7 Å². The zero-order chi connectivity index (χ0) is 3.41. The molecule has 0 aromatic heterocycles. The molecule has 4 heteroatoms. The summed E-state index contributed by atoms with van der Waals surface area (Å²) in [6.45, 7) is 3.06. The largest absolute Gasteiger partial charge is 0.419 e. The molecular weight excluding hydrogens is 175 g/mol. The minimum absolute atomic E-state index is 0. The first-order valence-electron chi connectivity index (χ1n) is 0.901. The Hall–Kier alpha value is 1.37. The van der Waals surface area contributed by atoms with E-state index >= 15 is 0 Å². The molecule has 0 aromatic carbocycles. The zero-order valence-electron chi connectivity index (χ0n) is 3.77. The summed E-state index contributed by atoms with van der Waals surface area (Å²) in [5.41, 5.74) is 0. The van der Waals surface area contributed by atoms with E-state index in [9.17, 15) is 0 Å². The summed E-state index contributed by atoms with van der Waals surface area (Å²) >= 11 is 0. The molecular formula is C3H3AlOTi2-. The van der Waals surface area contributed by atoms with Crippen molar-refractivity contribution >= 4 is 23.6 Å². The van der Waals surface area contributed by atoms with Gasteiger partial charge in [-0.2, -0.15) is 0 Å². The molecule has 0 saturated carbocycles. The van der Waals surface area contributed by atoms with E-state index < -0.39 is 0 Å². The van der Waals surface area contributed by atoms with Crippen molar-refractivity contribution < 1.29 is 48.2 Å². The van der Waals surface area contributed by atoms with Crippen LogP contribution in [-0.2, 0) is 48.2 Å². The van der Waals surface area contributed by atoms with E-state index in [0.29, 0.717) is 0 Å². The monoisotopic (exact) mass is 178 g/mol. The Kier molecular flexibility index (Phi) is 89.5. The predicted octanol–water partition coefficient (Wildman–Crippen LogP) is -0.104. The van der Waals surface area contributed by atoms with Crippen LogP contribution in [0, 0.1) is 0 Å². The number of rotatable bonds is 1. The Labute approximate surface area is 83.8 Å². The van der Waals surface area contributed by atoms with Crippen LogP contribution in [-0.4, -0.2) is 23.6 Å². The maximum atomic E-state index is 8.93.